The molecule has 4 nitrogen and oxygen atoms in total. The number of carbonyl (C=O) groups is 1. The van der Waals surface area contributed by atoms with Crippen LogP contribution in [0.2, 0.25) is 0 Å². The van der Waals surface area contributed by atoms with Gasteiger partial charge in [-0.05, 0) is 66.9 Å². The predicted molar refractivity (Wildman–Crippen MR) is 145 cm³/mol. The number of thiazole rings is 1. The van der Waals surface area contributed by atoms with Crippen LogP contribution in [0.5, 0.6) is 0 Å². The maximum atomic E-state index is 13.6. The summed E-state index contributed by atoms with van der Waals surface area (Å²) in [7, 11) is 0. The Morgan fingerprint density at radius 3 is 2.32 bits per heavy atom. The Morgan fingerprint density at radius 1 is 0.912 bits per heavy atom. The molecule has 1 aromatic heterocycles. The molecule has 5 rings (SSSR count). The number of aliphatic imine (C=N–C) groups is 1. The molecule has 0 unspecified atom stereocenters. The molecule has 3 aromatic carbocycles. The molecule has 1 aliphatic rings. The molecule has 1 amide bonds. The van der Waals surface area contributed by atoms with Crippen LogP contribution >= 0.6 is 23.1 Å². The number of benzene rings is 3. The average molecular weight is 482 g/mol. The molecule has 168 valence electrons. The molecule has 0 radical (unpaired) electrons. The standard InChI is InChI=1S/C28H23N3OS2/c1-18-14-15-22(16-19(18)2)20(3)25-26(32)31(23-12-8-5-9-13-23)28(34-25)30-27-29-24(17-33-27)21-10-6-4-7-11-21/h4-17H,1-3H3/b25-20-,30-28+. The summed E-state index contributed by atoms with van der Waals surface area (Å²) in [5.74, 6) is -0.0643. The highest BCUT2D eigenvalue weighted by Gasteiger charge is 2.36. The van der Waals surface area contributed by atoms with E-state index in [0.717, 1.165) is 28.1 Å². The van der Waals surface area contributed by atoms with Gasteiger partial charge in [-0.15, -0.1) is 11.3 Å². The molecule has 0 saturated carbocycles. The van der Waals surface area contributed by atoms with Crippen molar-refractivity contribution in [1.29, 1.82) is 0 Å². The first-order valence-corrected chi connectivity index (χ1v) is 12.7. The van der Waals surface area contributed by atoms with Crippen LogP contribution in [0.15, 0.2) is 94.1 Å². The van der Waals surface area contributed by atoms with Crippen LogP contribution in [0.1, 0.15) is 23.6 Å². The zero-order valence-electron chi connectivity index (χ0n) is 19.1. The van der Waals surface area contributed by atoms with E-state index in [1.54, 1.807) is 4.90 Å². The lowest BCUT2D eigenvalue weighted by molar-refractivity contribution is -0.113. The van der Waals surface area contributed by atoms with Crippen LogP contribution < -0.4 is 4.90 Å². The quantitative estimate of drug-likeness (QED) is 0.282. The second-order valence-corrected chi connectivity index (χ2v) is 9.92. The highest BCUT2D eigenvalue weighted by atomic mass is 32.2. The molecular formula is C28H23N3OS2. The lowest BCUT2D eigenvalue weighted by Gasteiger charge is -2.15. The Labute approximate surface area is 207 Å². The van der Waals surface area contributed by atoms with Crippen LogP contribution in [0.3, 0.4) is 0 Å². The van der Waals surface area contributed by atoms with Gasteiger partial charge in [-0.3, -0.25) is 9.69 Å². The number of hydrogen-bond donors (Lipinski definition) is 0. The number of thioether (sulfide) groups is 1. The Kier molecular flexibility index (Phi) is 6.18. The van der Waals surface area contributed by atoms with Gasteiger partial charge in [0.1, 0.15) is 0 Å². The molecule has 0 aliphatic carbocycles. The maximum absolute atomic E-state index is 13.6. The van der Waals surface area contributed by atoms with Gasteiger partial charge in [0.15, 0.2) is 5.17 Å². The smallest absolute Gasteiger partial charge is 0.268 e. The topological polar surface area (TPSA) is 45.6 Å². The van der Waals surface area contributed by atoms with E-state index in [-0.39, 0.29) is 5.91 Å². The number of allylic oxidation sites excluding steroid dienone is 1. The predicted octanol–water partition coefficient (Wildman–Crippen LogP) is 7.63. The minimum absolute atomic E-state index is 0.0643. The van der Waals surface area contributed by atoms with Crippen molar-refractivity contribution < 1.29 is 4.79 Å². The molecule has 1 aliphatic heterocycles. The van der Waals surface area contributed by atoms with Gasteiger partial charge in [0.25, 0.3) is 5.91 Å². The summed E-state index contributed by atoms with van der Waals surface area (Å²) in [6, 6.07) is 26.0. The summed E-state index contributed by atoms with van der Waals surface area (Å²) in [5.41, 5.74) is 7.17. The number of aryl methyl sites for hydroxylation is 2. The number of anilines is 1. The number of rotatable bonds is 4. The van der Waals surface area contributed by atoms with E-state index in [0.29, 0.717) is 15.2 Å². The second kappa shape index (κ2) is 9.41. The summed E-state index contributed by atoms with van der Waals surface area (Å²) in [5, 5.41) is 3.24. The molecular weight excluding hydrogens is 458 g/mol. The SMILES string of the molecule is C/C(=C1/S/C(=N/c2nc(-c3ccccc3)cs2)N(c2ccccc2)C1=O)c1ccc(C)c(C)c1. The number of nitrogens with zero attached hydrogens (tertiary/aromatic N) is 3. The van der Waals surface area contributed by atoms with Crippen molar-refractivity contribution in [3.63, 3.8) is 0 Å². The molecule has 0 N–H and O–H groups in total. The van der Waals surface area contributed by atoms with Gasteiger partial charge in [-0.2, -0.15) is 4.99 Å². The summed E-state index contributed by atoms with van der Waals surface area (Å²) in [4.78, 5) is 25.6. The minimum Gasteiger partial charge on any atom is -0.268 e. The number of carbonyl (C=O) groups excluding carboxylic acids is 1. The maximum Gasteiger partial charge on any atom is 0.271 e. The lowest BCUT2D eigenvalue weighted by Crippen LogP contribution is -2.28. The molecule has 1 saturated heterocycles. The number of amidine groups is 1. The monoisotopic (exact) mass is 481 g/mol. The van der Waals surface area contributed by atoms with Crippen molar-refractivity contribution in [2.75, 3.05) is 4.90 Å². The third kappa shape index (κ3) is 4.34. The lowest BCUT2D eigenvalue weighted by atomic mass is 10.0. The van der Waals surface area contributed by atoms with Crippen LogP contribution in [-0.2, 0) is 4.79 Å². The Bertz CT molecular complexity index is 1420. The molecule has 0 atom stereocenters. The van der Waals surface area contributed by atoms with Gasteiger partial charge in [-0.1, -0.05) is 66.7 Å². The van der Waals surface area contributed by atoms with Crippen molar-refractivity contribution >= 4 is 50.6 Å². The summed E-state index contributed by atoms with van der Waals surface area (Å²) in [6.45, 7) is 6.19. The van der Waals surface area contributed by atoms with Crippen LogP contribution in [0.25, 0.3) is 16.8 Å². The van der Waals surface area contributed by atoms with Gasteiger partial charge in [0, 0.05) is 10.9 Å². The minimum atomic E-state index is -0.0643. The fourth-order valence-corrected chi connectivity index (χ4v) is 5.53. The Hall–Kier alpha value is -3.48. The van der Waals surface area contributed by atoms with E-state index in [4.69, 9.17) is 9.98 Å². The highest BCUT2D eigenvalue weighted by Crippen LogP contribution is 2.41. The normalized spacial score (nSPS) is 16.4. The van der Waals surface area contributed by atoms with Crippen LogP contribution in [-0.4, -0.2) is 16.1 Å². The number of hydrogen-bond acceptors (Lipinski definition) is 5. The second-order valence-electron chi connectivity index (χ2n) is 8.11. The van der Waals surface area contributed by atoms with E-state index < -0.39 is 0 Å². The molecule has 2 heterocycles. The molecule has 0 bridgehead atoms. The van der Waals surface area contributed by atoms with Gasteiger partial charge in [-0.25, -0.2) is 4.98 Å². The largest absolute Gasteiger partial charge is 0.271 e. The van der Waals surface area contributed by atoms with E-state index in [9.17, 15) is 4.79 Å². The zero-order chi connectivity index (χ0) is 23.7. The average Bonchev–Trinajstić information content (AvgIpc) is 3.46. The number of aromatic nitrogens is 1. The van der Waals surface area contributed by atoms with Gasteiger partial charge in [0.05, 0.1) is 16.3 Å². The van der Waals surface area contributed by atoms with E-state index in [2.05, 4.69) is 32.0 Å². The van der Waals surface area contributed by atoms with Crippen molar-refractivity contribution in [1.82, 2.24) is 4.98 Å². The highest BCUT2D eigenvalue weighted by molar-refractivity contribution is 8.19. The summed E-state index contributed by atoms with van der Waals surface area (Å²) >= 11 is 2.88. The number of para-hydroxylation sites is 1. The van der Waals surface area contributed by atoms with Crippen molar-refractivity contribution in [3.05, 3.63) is 106 Å². The Morgan fingerprint density at radius 2 is 1.62 bits per heavy atom. The van der Waals surface area contributed by atoms with E-state index >= 15 is 0 Å². The molecule has 34 heavy (non-hydrogen) atoms. The first-order chi connectivity index (χ1) is 16.5. The zero-order valence-corrected chi connectivity index (χ0v) is 20.8. The van der Waals surface area contributed by atoms with Crippen molar-refractivity contribution in [2.24, 2.45) is 4.99 Å². The number of amides is 1. The summed E-state index contributed by atoms with van der Waals surface area (Å²) < 4.78 is 0. The third-order valence-electron chi connectivity index (χ3n) is 5.83. The fraction of sp³-hybridized carbons (Fsp3) is 0.107. The van der Waals surface area contributed by atoms with E-state index in [1.807, 2.05) is 73.0 Å². The van der Waals surface area contributed by atoms with Crippen LogP contribution in [0.4, 0.5) is 10.8 Å². The van der Waals surface area contributed by atoms with Gasteiger partial charge >= 0.3 is 0 Å². The third-order valence-corrected chi connectivity index (χ3v) is 7.71. The van der Waals surface area contributed by atoms with Crippen molar-refractivity contribution in [2.45, 2.75) is 20.8 Å². The Balaban J connectivity index is 1.57. The van der Waals surface area contributed by atoms with E-state index in [1.165, 1.54) is 34.2 Å². The van der Waals surface area contributed by atoms with Crippen LogP contribution in [0, 0.1) is 13.8 Å². The molecule has 4 aromatic rings. The molecule has 0 spiro atoms. The molecule has 6 heteroatoms. The molecule has 1 fully saturated rings. The van der Waals surface area contributed by atoms with Gasteiger partial charge < -0.3 is 0 Å². The first-order valence-electron chi connectivity index (χ1n) is 11.0. The fourth-order valence-electron chi connectivity index (χ4n) is 3.73. The first kappa shape index (κ1) is 22.3. The van der Waals surface area contributed by atoms with Crippen molar-refractivity contribution in [3.8, 4) is 11.3 Å². The van der Waals surface area contributed by atoms with Gasteiger partial charge in [0.2, 0.25) is 5.13 Å². The summed E-state index contributed by atoms with van der Waals surface area (Å²) in [6.07, 6.45) is 0.